The van der Waals surface area contributed by atoms with Crippen molar-refractivity contribution in [1.82, 2.24) is 10.0 Å². The smallest absolute Gasteiger partial charge is 0.244 e. The minimum Gasteiger partial charge on any atom is -0.375 e. The maximum Gasteiger partial charge on any atom is 0.244 e. The van der Waals surface area contributed by atoms with Gasteiger partial charge in [-0.1, -0.05) is 0 Å². The van der Waals surface area contributed by atoms with Gasteiger partial charge in [0, 0.05) is 18.3 Å². The Bertz CT molecular complexity index is 649. The van der Waals surface area contributed by atoms with Crippen molar-refractivity contribution in [2.24, 2.45) is 0 Å². The zero-order chi connectivity index (χ0) is 17.0. The molecule has 0 radical (unpaired) electrons. The molecule has 2 rings (SSSR count). The van der Waals surface area contributed by atoms with Crippen molar-refractivity contribution in [3.05, 3.63) is 24.3 Å². The number of morpholine rings is 1. The predicted molar refractivity (Wildman–Crippen MR) is 95.0 cm³/mol. The Labute approximate surface area is 149 Å². The Morgan fingerprint density at radius 2 is 1.92 bits per heavy atom. The molecule has 0 aliphatic carbocycles. The Balaban J connectivity index is 0.00000288. The minimum absolute atomic E-state index is 0. The Morgan fingerprint density at radius 3 is 2.46 bits per heavy atom. The Hall–Kier alpha value is -1.19. The van der Waals surface area contributed by atoms with Gasteiger partial charge < -0.3 is 15.4 Å². The molecule has 1 aromatic carbocycles. The van der Waals surface area contributed by atoms with Crippen LogP contribution in [0.4, 0.5) is 5.69 Å². The van der Waals surface area contributed by atoms with Crippen LogP contribution in [0.2, 0.25) is 0 Å². The van der Waals surface area contributed by atoms with Crippen molar-refractivity contribution in [2.45, 2.75) is 43.9 Å². The summed E-state index contributed by atoms with van der Waals surface area (Å²) in [6, 6.07) is 5.47. The highest BCUT2D eigenvalue weighted by molar-refractivity contribution is 7.89. The SMILES string of the molecule is CC(C)NS(=O)(=O)c1ccc(NC(=O)[C@H]2NCCO[C@@H]2C)cc1.Cl. The molecule has 0 spiro atoms. The first-order valence-electron chi connectivity index (χ1n) is 7.58. The summed E-state index contributed by atoms with van der Waals surface area (Å²) in [5.41, 5.74) is 0.540. The number of carbonyl (C=O) groups excluding carboxylic acids is 1. The van der Waals surface area contributed by atoms with Crippen LogP contribution in [-0.4, -0.2) is 45.7 Å². The summed E-state index contributed by atoms with van der Waals surface area (Å²) in [5, 5.41) is 5.87. The van der Waals surface area contributed by atoms with Crippen LogP contribution in [0.25, 0.3) is 0 Å². The van der Waals surface area contributed by atoms with Gasteiger partial charge >= 0.3 is 0 Å². The standard InChI is InChI=1S/C15H23N3O4S.ClH/c1-10(2)18-23(20,21)13-6-4-12(5-7-13)17-15(19)14-11(3)22-9-8-16-14;/h4-7,10-11,14,16,18H,8-9H2,1-3H3,(H,17,19);1H/t11-,14+;/m1./s1. The highest BCUT2D eigenvalue weighted by Gasteiger charge is 2.28. The fraction of sp³-hybridized carbons (Fsp3) is 0.533. The van der Waals surface area contributed by atoms with Gasteiger partial charge in [0.15, 0.2) is 0 Å². The number of ether oxygens (including phenoxy) is 1. The number of nitrogens with one attached hydrogen (secondary N) is 3. The molecule has 7 nitrogen and oxygen atoms in total. The second kappa shape index (κ2) is 8.77. The quantitative estimate of drug-likeness (QED) is 0.714. The molecule has 24 heavy (non-hydrogen) atoms. The van der Waals surface area contributed by atoms with Crippen LogP contribution in [0.3, 0.4) is 0 Å². The van der Waals surface area contributed by atoms with Crippen molar-refractivity contribution in [1.29, 1.82) is 0 Å². The van der Waals surface area contributed by atoms with Gasteiger partial charge in [0.05, 0.1) is 17.6 Å². The number of benzene rings is 1. The number of rotatable bonds is 5. The lowest BCUT2D eigenvalue weighted by Crippen LogP contribution is -2.53. The largest absolute Gasteiger partial charge is 0.375 e. The fourth-order valence-electron chi connectivity index (χ4n) is 2.34. The molecule has 0 aromatic heterocycles. The van der Waals surface area contributed by atoms with Crippen molar-refractivity contribution < 1.29 is 17.9 Å². The minimum atomic E-state index is -3.53. The molecule has 136 valence electrons. The van der Waals surface area contributed by atoms with E-state index in [1.807, 2.05) is 6.92 Å². The van der Waals surface area contributed by atoms with Gasteiger partial charge in [-0.2, -0.15) is 0 Å². The van der Waals surface area contributed by atoms with Crippen LogP contribution < -0.4 is 15.4 Å². The average molecular weight is 378 g/mol. The Kier molecular flexibility index (Phi) is 7.62. The first-order chi connectivity index (χ1) is 10.8. The maximum absolute atomic E-state index is 12.2. The van der Waals surface area contributed by atoms with E-state index in [0.29, 0.717) is 18.8 Å². The second-order valence-electron chi connectivity index (χ2n) is 5.80. The summed E-state index contributed by atoms with van der Waals surface area (Å²) in [7, 11) is -3.53. The van der Waals surface area contributed by atoms with E-state index in [2.05, 4.69) is 15.4 Å². The predicted octanol–water partition coefficient (Wildman–Crippen LogP) is 1.11. The molecule has 1 fully saturated rings. The molecule has 1 aliphatic heterocycles. The van der Waals surface area contributed by atoms with Crippen LogP contribution in [0, 0.1) is 0 Å². The monoisotopic (exact) mass is 377 g/mol. The second-order valence-corrected chi connectivity index (χ2v) is 7.51. The maximum atomic E-state index is 12.2. The van der Waals surface area contributed by atoms with Crippen LogP contribution in [0.5, 0.6) is 0 Å². The normalized spacial score (nSPS) is 21.2. The highest BCUT2D eigenvalue weighted by Crippen LogP contribution is 2.15. The van der Waals surface area contributed by atoms with Gasteiger partial charge in [0.25, 0.3) is 0 Å². The molecule has 0 bridgehead atoms. The van der Waals surface area contributed by atoms with E-state index in [1.54, 1.807) is 26.0 Å². The third-order valence-electron chi connectivity index (χ3n) is 3.42. The van der Waals surface area contributed by atoms with Crippen molar-refractivity contribution in [2.75, 3.05) is 18.5 Å². The van der Waals surface area contributed by atoms with Crippen molar-refractivity contribution in [3.63, 3.8) is 0 Å². The zero-order valence-corrected chi connectivity index (χ0v) is 15.5. The van der Waals surface area contributed by atoms with E-state index in [9.17, 15) is 13.2 Å². The first-order valence-corrected chi connectivity index (χ1v) is 9.06. The summed E-state index contributed by atoms with van der Waals surface area (Å²) in [4.78, 5) is 12.4. The molecule has 9 heteroatoms. The van der Waals surface area contributed by atoms with Gasteiger partial charge in [-0.25, -0.2) is 13.1 Å². The zero-order valence-electron chi connectivity index (χ0n) is 13.9. The lowest BCUT2D eigenvalue weighted by atomic mass is 10.1. The highest BCUT2D eigenvalue weighted by atomic mass is 35.5. The lowest BCUT2D eigenvalue weighted by Gasteiger charge is -2.29. The van der Waals surface area contributed by atoms with E-state index in [4.69, 9.17) is 4.74 Å². The first kappa shape index (κ1) is 20.9. The third-order valence-corrected chi connectivity index (χ3v) is 5.10. The molecule has 1 amide bonds. The van der Waals surface area contributed by atoms with Crippen LogP contribution in [0.15, 0.2) is 29.2 Å². The number of carbonyl (C=O) groups is 1. The molecule has 0 unspecified atom stereocenters. The molecular formula is C15H24ClN3O4S. The van der Waals surface area contributed by atoms with Gasteiger partial charge in [0.1, 0.15) is 6.04 Å². The number of hydrogen-bond acceptors (Lipinski definition) is 5. The molecule has 3 N–H and O–H groups in total. The average Bonchev–Trinajstić information content (AvgIpc) is 2.47. The molecule has 2 atom stereocenters. The van der Waals surface area contributed by atoms with Gasteiger partial charge in [-0.05, 0) is 45.0 Å². The van der Waals surface area contributed by atoms with Crippen LogP contribution in [-0.2, 0) is 19.6 Å². The molecule has 0 saturated carbocycles. The van der Waals surface area contributed by atoms with E-state index in [0.717, 1.165) is 0 Å². The molecule has 1 heterocycles. The van der Waals surface area contributed by atoms with E-state index in [1.165, 1.54) is 12.1 Å². The van der Waals surface area contributed by atoms with E-state index in [-0.39, 0.29) is 35.4 Å². The molecule has 1 aromatic rings. The van der Waals surface area contributed by atoms with Gasteiger partial charge in [0.2, 0.25) is 15.9 Å². The summed E-state index contributed by atoms with van der Waals surface area (Å²) in [6.07, 6.45) is -0.210. The van der Waals surface area contributed by atoms with Gasteiger partial charge in [-0.15, -0.1) is 12.4 Å². The number of amides is 1. The number of sulfonamides is 1. The fourth-order valence-corrected chi connectivity index (χ4v) is 3.59. The van der Waals surface area contributed by atoms with Crippen molar-refractivity contribution in [3.8, 4) is 0 Å². The lowest BCUT2D eigenvalue weighted by molar-refractivity contribution is -0.123. The number of hydrogen-bond donors (Lipinski definition) is 3. The third kappa shape index (κ3) is 5.42. The van der Waals surface area contributed by atoms with Gasteiger partial charge in [-0.3, -0.25) is 4.79 Å². The molecule has 1 saturated heterocycles. The van der Waals surface area contributed by atoms with E-state index >= 15 is 0 Å². The topological polar surface area (TPSA) is 96.5 Å². The summed E-state index contributed by atoms with van der Waals surface area (Å²) >= 11 is 0. The number of anilines is 1. The van der Waals surface area contributed by atoms with Crippen molar-refractivity contribution >= 4 is 34.0 Å². The van der Waals surface area contributed by atoms with Crippen LogP contribution in [0.1, 0.15) is 20.8 Å². The van der Waals surface area contributed by atoms with Crippen LogP contribution >= 0.6 is 12.4 Å². The van der Waals surface area contributed by atoms with E-state index < -0.39 is 16.1 Å². The molecular weight excluding hydrogens is 354 g/mol. The Morgan fingerprint density at radius 1 is 1.29 bits per heavy atom. The number of halogens is 1. The molecule has 1 aliphatic rings. The summed E-state index contributed by atoms with van der Waals surface area (Å²) < 4.78 is 32.0. The summed E-state index contributed by atoms with van der Waals surface area (Å²) in [5.74, 6) is -0.201. The summed E-state index contributed by atoms with van der Waals surface area (Å²) in [6.45, 7) is 6.56.